The fraction of sp³-hybridized carbons (Fsp3) is 0.0526. The summed E-state index contributed by atoms with van der Waals surface area (Å²) in [6.45, 7) is 1.90. The maximum absolute atomic E-state index is 12.4. The molecule has 2 aromatic heterocycles. The smallest absolute Gasteiger partial charge is 0.291 e. The Kier molecular flexibility index (Phi) is 3.86. The molecule has 25 heavy (non-hydrogen) atoms. The van der Waals surface area contributed by atoms with Crippen molar-refractivity contribution >= 4 is 56.8 Å². The van der Waals surface area contributed by atoms with Gasteiger partial charge in [0.15, 0.2) is 5.76 Å². The van der Waals surface area contributed by atoms with E-state index in [1.54, 1.807) is 30.3 Å². The van der Waals surface area contributed by atoms with Crippen LogP contribution < -0.4 is 5.32 Å². The summed E-state index contributed by atoms with van der Waals surface area (Å²) in [5.74, 6) is -0.180. The number of fused-ring (bicyclic) bond motifs is 2. The first kappa shape index (κ1) is 15.9. The number of pyridine rings is 1. The Hall–Kier alpha value is -2.56. The lowest BCUT2D eigenvalue weighted by atomic mass is 10.2. The summed E-state index contributed by atoms with van der Waals surface area (Å²) in [7, 11) is 0. The Morgan fingerprint density at radius 1 is 1.04 bits per heavy atom. The van der Waals surface area contributed by atoms with Gasteiger partial charge in [-0.1, -0.05) is 35.3 Å². The number of carbonyl (C=O) groups is 1. The molecule has 0 bridgehead atoms. The lowest BCUT2D eigenvalue weighted by Crippen LogP contribution is -2.10. The number of nitrogens with one attached hydrogen (secondary N) is 1. The van der Waals surface area contributed by atoms with Crippen molar-refractivity contribution in [1.29, 1.82) is 0 Å². The van der Waals surface area contributed by atoms with E-state index in [0.717, 1.165) is 16.3 Å². The van der Waals surface area contributed by atoms with Crippen molar-refractivity contribution in [2.75, 3.05) is 5.32 Å². The molecule has 0 saturated carbocycles. The molecule has 124 valence electrons. The second-order valence-electron chi connectivity index (χ2n) is 5.75. The van der Waals surface area contributed by atoms with E-state index >= 15 is 0 Å². The number of aromatic nitrogens is 1. The van der Waals surface area contributed by atoms with Crippen molar-refractivity contribution in [3.05, 3.63) is 69.9 Å². The van der Waals surface area contributed by atoms with E-state index in [-0.39, 0.29) is 11.7 Å². The minimum Gasteiger partial charge on any atom is -0.433 e. The number of nitrogens with zero attached hydrogens (tertiary/aromatic N) is 1. The average molecular weight is 371 g/mol. The molecule has 0 fully saturated rings. The van der Waals surface area contributed by atoms with Crippen LogP contribution in [0.2, 0.25) is 10.0 Å². The quantitative estimate of drug-likeness (QED) is 0.481. The van der Waals surface area contributed by atoms with Crippen LogP contribution in [0.4, 0.5) is 5.69 Å². The SMILES string of the molecule is Cc1ccc(NC(=O)c2cc3cc4ccc(Cl)cc4nc3o2)cc1Cl. The van der Waals surface area contributed by atoms with Crippen molar-refractivity contribution in [2.24, 2.45) is 0 Å². The number of rotatable bonds is 2. The van der Waals surface area contributed by atoms with Crippen LogP contribution in [0.3, 0.4) is 0 Å². The molecule has 1 amide bonds. The van der Waals surface area contributed by atoms with Crippen molar-refractivity contribution in [3.63, 3.8) is 0 Å². The Balaban J connectivity index is 1.69. The van der Waals surface area contributed by atoms with Gasteiger partial charge in [0.25, 0.3) is 5.91 Å². The van der Waals surface area contributed by atoms with Crippen LogP contribution in [0.15, 0.2) is 52.9 Å². The third kappa shape index (κ3) is 3.06. The Bertz CT molecular complexity index is 1140. The second-order valence-corrected chi connectivity index (χ2v) is 6.59. The molecule has 2 heterocycles. The van der Waals surface area contributed by atoms with Crippen molar-refractivity contribution in [2.45, 2.75) is 6.92 Å². The lowest BCUT2D eigenvalue weighted by Gasteiger charge is -2.04. The minimum absolute atomic E-state index is 0.181. The number of benzene rings is 2. The number of halogens is 2. The third-order valence-electron chi connectivity index (χ3n) is 3.92. The fourth-order valence-electron chi connectivity index (χ4n) is 2.57. The van der Waals surface area contributed by atoms with Gasteiger partial charge in [-0.15, -0.1) is 0 Å². The number of hydrogen-bond acceptors (Lipinski definition) is 3. The minimum atomic E-state index is -0.361. The molecule has 0 aliphatic rings. The molecule has 0 spiro atoms. The van der Waals surface area contributed by atoms with E-state index in [9.17, 15) is 4.79 Å². The highest BCUT2D eigenvalue weighted by Crippen LogP contribution is 2.26. The van der Waals surface area contributed by atoms with E-state index in [0.29, 0.717) is 27.0 Å². The fourth-order valence-corrected chi connectivity index (χ4v) is 2.92. The van der Waals surface area contributed by atoms with Crippen molar-refractivity contribution in [1.82, 2.24) is 4.98 Å². The maximum Gasteiger partial charge on any atom is 0.291 e. The molecule has 0 atom stereocenters. The van der Waals surface area contributed by atoms with Gasteiger partial charge < -0.3 is 9.73 Å². The van der Waals surface area contributed by atoms with Gasteiger partial charge in [-0.05, 0) is 48.9 Å². The zero-order valence-electron chi connectivity index (χ0n) is 13.1. The van der Waals surface area contributed by atoms with Gasteiger partial charge in [0.05, 0.1) is 5.52 Å². The standard InChI is InChI=1S/C19H12Cl2N2O2/c1-10-2-5-14(9-15(10)21)22-18(24)17-7-12-6-11-3-4-13(20)8-16(11)23-19(12)25-17/h2-9H,1H3,(H,22,24). The predicted molar refractivity (Wildman–Crippen MR) is 101 cm³/mol. The molecule has 0 unspecified atom stereocenters. The van der Waals surface area contributed by atoms with Crippen molar-refractivity contribution < 1.29 is 9.21 Å². The first-order valence-electron chi connectivity index (χ1n) is 7.57. The molecule has 2 aromatic carbocycles. The molecule has 4 nitrogen and oxygen atoms in total. The third-order valence-corrected chi connectivity index (χ3v) is 4.56. The molecule has 4 aromatic rings. The first-order valence-corrected chi connectivity index (χ1v) is 8.32. The predicted octanol–water partition coefficient (Wildman–Crippen LogP) is 5.85. The maximum atomic E-state index is 12.4. The van der Waals surface area contributed by atoms with Gasteiger partial charge in [0, 0.05) is 26.5 Å². The summed E-state index contributed by atoms with van der Waals surface area (Å²) < 4.78 is 5.60. The van der Waals surface area contributed by atoms with E-state index in [1.165, 1.54) is 0 Å². The second kappa shape index (κ2) is 6.06. The first-order chi connectivity index (χ1) is 12.0. The Morgan fingerprint density at radius 3 is 2.68 bits per heavy atom. The van der Waals surface area contributed by atoms with Crippen LogP contribution in [0.25, 0.3) is 22.0 Å². The summed E-state index contributed by atoms with van der Waals surface area (Å²) in [5, 5.41) is 5.64. The topological polar surface area (TPSA) is 55.1 Å². The van der Waals surface area contributed by atoms with Gasteiger partial charge >= 0.3 is 0 Å². The molecule has 1 N–H and O–H groups in total. The monoisotopic (exact) mass is 370 g/mol. The number of anilines is 1. The number of amides is 1. The van der Waals surface area contributed by atoms with Crippen LogP contribution in [-0.2, 0) is 0 Å². The average Bonchev–Trinajstić information content (AvgIpc) is 2.99. The largest absolute Gasteiger partial charge is 0.433 e. The normalized spacial score (nSPS) is 11.2. The summed E-state index contributed by atoms with van der Waals surface area (Å²) in [6.07, 6.45) is 0. The summed E-state index contributed by atoms with van der Waals surface area (Å²) in [6, 6.07) is 14.3. The van der Waals surface area contributed by atoms with Gasteiger partial charge in [-0.3, -0.25) is 4.79 Å². The van der Waals surface area contributed by atoms with E-state index in [1.807, 2.05) is 25.1 Å². The highest BCUT2D eigenvalue weighted by molar-refractivity contribution is 6.32. The molecule has 0 radical (unpaired) electrons. The molecule has 0 aliphatic carbocycles. The highest BCUT2D eigenvalue weighted by atomic mass is 35.5. The van der Waals surface area contributed by atoms with Crippen LogP contribution in [0.1, 0.15) is 16.1 Å². The zero-order valence-corrected chi connectivity index (χ0v) is 14.7. The van der Waals surface area contributed by atoms with Crippen LogP contribution in [0.5, 0.6) is 0 Å². The van der Waals surface area contributed by atoms with Gasteiger partial charge in [0.1, 0.15) is 0 Å². The lowest BCUT2D eigenvalue weighted by molar-refractivity contribution is 0.0998. The summed E-state index contributed by atoms with van der Waals surface area (Å²) in [5.41, 5.74) is 2.65. The molecular weight excluding hydrogens is 359 g/mol. The summed E-state index contributed by atoms with van der Waals surface area (Å²) in [4.78, 5) is 16.9. The molecule has 6 heteroatoms. The number of furan rings is 1. The molecule has 4 rings (SSSR count). The molecular formula is C19H12Cl2N2O2. The van der Waals surface area contributed by atoms with Crippen LogP contribution in [-0.4, -0.2) is 10.9 Å². The zero-order chi connectivity index (χ0) is 17.6. The van der Waals surface area contributed by atoms with Gasteiger partial charge in [-0.2, -0.15) is 0 Å². The molecule has 0 saturated heterocycles. The van der Waals surface area contributed by atoms with Crippen molar-refractivity contribution in [3.8, 4) is 0 Å². The van der Waals surface area contributed by atoms with E-state index < -0.39 is 0 Å². The van der Waals surface area contributed by atoms with Gasteiger partial charge in [0.2, 0.25) is 5.71 Å². The summed E-state index contributed by atoms with van der Waals surface area (Å²) >= 11 is 12.1. The van der Waals surface area contributed by atoms with Crippen LogP contribution in [0, 0.1) is 6.92 Å². The number of hydrogen-bond donors (Lipinski definition) is 1. The Labute approximate surface area is 153 Å². The number of aryl methyl sites for hydroxylation is 1. The number of carbonyl (C=O) groups excluding carboxylic acids is 1. The van der Waals surface area contributed by atoms with Gasteiger partial charge in [-0.25, -0.2) is 4.98 Å². The highest BCUT2D eigenvalue weighted by Gasteiger charge is 2.14. The van der Waals surface area contributed by atoms with E-state index in [2.05, 4.69) is 10.3 Å². The van der Waals surface area contributed by atoms with E-state index in [4.69, 9.17) is 27.6 Å². The Morgan fingerprint density at radius 2 is 1.88 bits per heavy atom. The molecule has 0 aliphatic heterocycles. The van der Waals surface area contributed by atoms with Crippen LogP contribution >= 0.6 is 23.2 Å².